The number of hydrogen-bond acceptors (Lipinski definition) is 6. The molecular formula is C71H130O6. The van der Waals surface area contributed by atoms with E-state index in [-0.39, 0.29) is 31.1 Å². The molecule has 1 atom stereocenters. The van der Waals surface area contributed by atoms with Crippen LogP contribution < -0.4 is 0 Å². The zero-order chi connectivity index (χ0) is 55.7. The van der Waals surface area contributed by atoms with Crippen molar-refractivity contribution in [3.8, 4) is 0 Å². The minimum absolute atomic E-state index is 0.0741. The van der Waals surface area contributed by atoms with Gasteiger partial charge in [0.1, 0.15) is 13.2 Å². The van der Waals surface area contributed by atoms with Crippen LogP contribution in [0.1, 0.15) is 367 Å². The van der Waals surface area contributed by atoms with Gasteiger partial charge in [-0.2, -0.15) is 0 Å². The van der Waals surface area contributed by atoms with Crippen molar-refractivity contribution < 1.29 is 28.6 Å². The molecule has 0 rings (SSSR count). The molecule has 0 amide bonds. The fraction of sp³-hybridized carbons (Fsp3) is 0.845. The first-order chi connectivity index (χ1) is 38.0. The van der Waals surface area contributed by atoms with Crippen molar-refractivity contribution in [3.05, 3.63) is 48.6 Å². The summed E-state index contributed by atoms with van der Waals surface area (Å²) in [6.07, 6.45) is 82.8. The molecule has 450 valence electrons. The molecule has 6 heteroatoms. The van der Waals surface area contributed by atoms with Crippen molar-refractivity contribution in [3.63, 3.8) is 0 Å². The number of carbonyl (C=O) groups excluding carboxylic acids is 3. The monoisotopic (exact) mass is 1080 g/mol. The van der Waals surface area contributed by atoms with Crippen LogP contribution in [0.2, 0.25) is 0 Å². The van der Waals surface area contributed by atoms with Gasteiger partial charge in [-0.25, -0.2) is 0 Å². The molecule has 0 aromatic carbocycles. The normalized spacial score (nSPS) is 12.3. The third-order valence-corrected chi connectivity index (χ3v) is 15.3. The summed E-state index contributed by atoms with van der Waals surface area (Å²) in [7, 11) is 0. The maximum Gasteiger partial charge on any atom is 0.306 e. The molecule has 77 heavy (non-hydrogen) atoms. The predicted octanol–water partition coefficient (Wildman–Crippen LogP) is 23.3. The maximum atomic E-state index is 12.9. The predicted molar refractivity (Wildman–Crippen MR) is 335 cm³/mol. The Bertz CT molecular complexity index is 1330. The molecule has 6 nitrogen and oxygen atoms in total. The van der Waals surface area contributed by atoms with E-state index < -0.39 is 6.10 Å². The molecule has 0 fully saturated rings. The van der Waals surface area contributed by atoms with E-state index in [1.54, 1.807) is 0 Å². The van der Waals surface area contributed by atoms with Gasteiger partial charge in [-0.05, 0) is 83.5 Å². The lowest BCUT2D eigenvalue weighted by Gasteiger charge is -2.18. The summed E-state index contributed by atoms with van der Waals surface area (Å²) in [5.41, 5.74) is 0. The van der Waals surface area contributed by atoms with Gasteiger partial charge >= 0.3 is 17.9 Å². The Morgan fingerprint density at radius 2 is 0.468 bits per heavy atom. The van der Waals surface area contributed by atoms with Crippen molar-refractivity contribution in [2.24, 2.45) is 0 Å². The summed E-state index contributed by atoms with van der Waals surface area (Å²) in [4.78, 5) is 38.3. The molecule has 0 N–H and O–H groups in total. The summed E-state index contributed by atoms with van der Waals surface area (Å²) in [5.74, 6) is -0.865. The maximum absolute atomic E-state index is 12.9. The van der Waals surface area contributed by atoms with E-state index in [2.05, 4.69) is 69.4 Å². The van der Waals surface area contributed by atoms with Gasteiger partial charge < -0.3 is 14.2 Å². The van der Waals surface area contributed by atoms with Crippen LogP contribution in [0.3, 0.4) is 0 Å². The van der Waals surface area contributed by atoms with E-state index in [1.165, 1.54) is 250 Å². The first-order valence-electron chi connectivity index (χ1n) is 34.1. The van der Waals surface area contributed by atoms with Crippen molar-refractivity contribution >= 4 is 17.9 Å². The summed E-state index contributed by atoms with van der Waals surface area (Å²) in [6, 6.07) is 0. The molecule has 0 saturated heterocycles. The van der Waals surface area contributed by atoms with Crippen LogP contribution in [-0.2, 0) is 28.6 Å². The second-order valence-corrected chi connectivity index (χ2v) is 23.1. The largest absolute Gasteiger partial charge is 0.462 e. The number of esters is 3. The number of hydrogen-bond donors (Lipinski definition) is 0. The van der Waals surface area contributed by atoms with Crippen LogP contribution in [0.15, 0.2) is 48.6 Å². The van der Waals surface area contributed by atoms with Crippen LogP contribution in [0.4, 0.5) is 0 Å². The standard InChI is InChI=1S/C71H130O6/c1-4-7-10-13-16-19-22-24-26-28-30-31-32-33-34-35-36-37-38-39-41-42-44-46-49-52-55-58-61-64-70(73)76-67-68(66-75-69(72)63-60-57-54-51-48-21-18-15-12-9-6-3)77-71(74)65-62-59-56-53-50-47-45-43-40-29-27-25-23-20-17-14-11-8-5-2/h17,20,25,27-28,30,40,43,68H,4-16,18-19,21-24,26,29,31-39,41-42,44-67H2,1-3H3/b20-17-,27-25-,30-28-,43-40-. The first-order valence-corrected chi connectivity index (χ1v) is 34.1. The van der Waals surface area contributed by atoms with E-state index in [0.29, 0.717) is 19.3 Å². The van der Waals surface area contributed by atoms with Crippen LogP contribution in [0.25, 0.3) is 0 Å². The van der Waals surface area contributed by atoms with Crippen molar-refractivity contribution in [2.75, 3.05) is 13.2 Å². The zero-order valence-corrected chi connectivity index (χ0v) is 51.7. The highest BCUT2D eigenvalue weighted by Crippen LogP contribution is 2.18. The summed E-state index contributed by atoms with van der Waals surface area (Å²) in [5, 5.41) is 0. The molecule has 0 aliphatic rings. The van der Waals surface area contributed by atoms with E-state index in [1.807, 2.05) is 0 Å². The highest BCUT2D eigenvalue weighted by molar-refractivity contribution is 5.71. The fourth-order valence-electron chi connectivity index (χ4n) is 10.2. The number of unbranched alkanes of at least 4 members (excludes halogenated alkanes) is 44. The van der Waals surface area contributed by atoms with Crippen LogP contribution in [-0.4, -0.2) is 37.2 Å². The van der Waals surface area contributed by atoms with Gasteiger partial charge in [0, 0.05) is 19.3 Å². The Morgan fingerprint density at radius 1 is 0.260 bits per heavy atom. The molecule has 0 spiro atoms. The van der Waals surface area contributed by atoms with E-state index >= 15 is 0 Å². The first kappa shape index (κ1) is 74.4. The Labute approximate surface area is 479 Å². The molecular weight excluding hydrogens is 949 g/mol. The minimum atomic E-state index is -0.778. The fourth-order valence-corrected chi connectivity index (χ4v) is 10.2. The van der Waals surface area contributed by atoms with Crippen LogP contribution in [0.5, 0.6) is 0 Å². The summed E-state index contributed by atoms with van der Waals surface area (Å²) >= 11 is 0. The zero-order valence-electron chi connectivity index (χ0n) is 51.7. The van der Waals surface area contributed by atoms with E-state index in [4.69, 9.17) is 14.2 Å². The number of allylic oxidation sites excluding steroid dienone is 8. The smallest absolute Gasteiger partial charge is 0.306 e. The van der Waals surface area contributed by atoms with Crippen molar-refractivity contribution in [1.82, 2.24) is 0 Å². The third kappa shape index (κ3) is 64.1. The average molecular weight is 1080 g/mol. The highest BCUT2D eigenvalue weighted by atomic mass is 16.6. The second kappa shape index (κ2) is 65.9. The molecule has 0 aliphatic heterocycles. The molecule has 1 unspecified atom stereocenters. The quantitative estimate of drug-likeness (QED) is 0.0261. The third-order valence-electron chi connectivity index (χ3n) is 15.3. The second-order valence-electron chi connectivity index (χ2n) is 23.1. The Kier molecular flexibility index (Phi) is 63.6. The van der Waals surface area contributed by atoms with Gasteiger partial charge in [0.2, 0.25) is 0 Å². The Balaban J connectivity index is 4.17. The number of carbonyl (C=O) groups is 3. The van der Waals surface area contributed by atoms with Crippen LogP contribution >= 0.6 is 0 Å². The molecule has 0 heterocycles. The highest BCUT2D eigenvalue weighted by Gasteiger charge is 2.19. The molecule has 0 bridgehead atoms. The average Bonchev–Trinajstić information content (AvgIpc) is 3.43. The molecule has 0 aromatic rings. The van der Waals surface area contributed by atoms with Crippen molar-refractivity contribution in [2.45, 2.75) is 374 Å². The lowest BCUT2D eigenvalue weighted by molar-refractivity contribution is -0.167. The van der Waals surface area contributed by atoms with Gasteiger partial charge in [0.25, 0.3) is 0 Å². The molecule has 0 aliphatic carbocycles. The van der Waals surface area contributed by atoms with Gasteiger partial charge in [-0.1, -0.05) is 313 Å². The van der Waals surface area contributed by atoms with E-state index in [0.717, 1.165) is 77.0 Å². The number of ether oxygens (including phenoxy) is 3. The Hall–Kier alpha value is -2.63. The van der Waals surface area contributed by atoms with Gasteiger partial charge in [0.15, 0.2) is 6.10 Å². The topological polar surface area (TPSA) is 78.9 Å². The van der Waals surface area contributed by atoms with Gasteiger partial charge in [-0.15, -0.1) is 0 Å². The lowest BCUT2D eigenvalue weighted by Crippen LogP contribution is -2.30. The van der Waals surface area contributed by atoms with Gasteiger partial charge in [-0.3, -0.25) is 14.4 Å². The molecule has 0 radical (unpaired) electrons. The summed E-state index contributed by atoms with van der Waals surface area (Å²) in [6.45, 7) is 6.65. The number of rotatable bonds is 63. The van der Waals surface area contributed by atoms with Crippen molar-refractivity contribution in [1.29, 1.82) is 0 Å². The van der Waals surface area contributed by atoms with Gasteiger partial charge in [0.05, 0.1) is 0 Å². The molecule has 0 saturated carbocycles. The lowest BCUT2D eigenvalue weighted by atomic mass is 10.0. The summed E-state index contributed by atoms with van der Waals surface area (Å²) < 4.78 is 16.9. The SMILES string of the molecule is CCCCC/C=C\C/C=C\C/C=C\CCCCCCCCC(=O)OC(COC(=O)CCCCCCCCCCCCC)COC(=O)CCCCCCCCCCCCCCCCCCC/C=C\CCCCCCCCCC. The molecule has 0 aromatic heterocycles. The van der Waals surface area contributed by atoms with E-state index in [9.17, 15) is 14.4 Å². The van der Waals surface area contributed by atoms with Crippen LogP contribution in [0, 0.1) is 0 Å². The minimum Gasteiger partial charge on any atom is -0.462 e. The Morgan fingerprint density at radius 3 is 0.766 bits per heavy atom.